The maximum atomic E-state index is 12.9. The van der Waals surface area contributed by atoms with Crippen molar-refractivity contribution in [2.24, 2.45) is 0 Å². The lowest BCUT2D eigenvalue weighted by molar-refractivity contribution is 0.0302. The standard InChI is InChI=1S/C25H25NO4/c27-25(26-13-15-28-16-14-26)22-11-12-23(29-18-20-7-3-1-4-8-20)24(17-22)30-19-21-9-5-2-6-10-21/h1-12,17H,13-16,18-19H2. The largest absolute Gasteiger partial charge is 0.485 e. The fraction of sp³-hybridized carbons (Fsp3) is 0.240. The van der Waals surface area contributed by atoms with Crippen molar-refractivity contribution < 1.29 is 19.0 Å². The van der Waals surface area contributed by atoms with Gasteiger partial charge in [-0.05, 0) is 29.3 Å². The van der Waals surface area contributed by atoms with Crippen LogP contribution in [0.15, 0.2) is 78.9 Å². The van der Waals surface area contributed by atoms with Gasteiger partial charge in [0.25, 0.3) is 5.91 Å². The monoisotopic (exact) mass is 403 g/mol. The molecule has 3 aromatic carbocycles. The lowest BCUT2D eigenvalue weighted by Crippen LogP contribution is -2.40. The molecule has 30 heavy (non-hydrogen) atoms. The molecular formula is C25H25NO4. The number of morpholine rings is 1. The topological polar surface area (TPSA) is 48.0 Å². The fourth-order valence-corrected chi connectivity index (χ4v) is 3.29. The Balaban J connectivity index is 1.53. The Morgan fingerprint density at radius 3 is 1.93 bits per heavy atom. The highest BCUT2D eigenvalue weighted by molar-refractivity contribution is 5.95. The summed E-state index contributed by atoms with van der Waals surface area (Å²) in [6.45, 7) is 3.18. The van der Waals surface area contributed by atoms with E-state index in [2.05, 4.69) is 0 Å². The van der Waals surface area contributed by atoms with Crippen LogP contribution in [0.3, 0.4) is 0 Å². The zero-order valence-corrected chi connectivity index (χ0v) is 16.8. The molecule has 154 valence electrons. The van der Waals surface area contributed by atoms with Gasteiger partial charge < -0.3 is 19.1 Å². The van der Waals surface area contributed by atoms with Crippen molar-refractivity contribution in [3.05, 3.63) is 95.6 Å². The lowest BCUT2D eigenvalue weighted by Gasteiger charge is -2.27. The number of carbonyl (C=O) groups is 1. The Hall–Kier alpha value is -3.31. The quantitative estimate of drug-likeness (QED) is 0.590. The maximum Gasteiger partial charge on any atom is 0.254 e. The van der Waals surface area contributed by atoms with Crippen LogP contribution < -0.4 is 9.47 Å². The molecule has 1 aliphatic rings. The molecule has 1 amide bonds. The Labute approximate surface area is 176 Å². The molecule has 0 bridgehead atoms. The van der Waals surface area contributed by atoms with E-state index in [-0.39, 0.29) is 5.91 Å². The summed E-state index contributed by atoms with van der Waals surface area (Å²) >= 11 is 0. The van der Waals surface area contributed by atoms with E-state index in [9.17, 15) is 4.79 Å². The van der Waals surface area contributed by atoms with E-state index in [1.165, 1.54) is 0 Å². The molecule has 1 saturated heterocycles. The van der Waals surface area contributed by atoms with Gasteiger partial charge in [0.05, 0.1) is 13.2 Å². The Kier molecular flexibility index (Phi) is 6.62. The minimum atomic E-state index is -0.0162. The summed E-state index contributed by atoms with van der Waals surface area (Å²) in [5.41, 5.74) is 2.71. The molecule has 0 N–H and O–H groups in total. The van der Waals surface area contributed by atoms with Crippen LogP contribution in [0, 0.1) is 0 Å². The number of hydrogen-bond acceptors (Lipinski definition) is 4. The summed E-state index contributed by atoms with van der Waals surface area (Å²) in [6, 6.07) is 25.3. The number of nitrogens with zero attached hydrogens (tertiary/aromatic N) is 1. The predicted octanol–water partition coefficient (Wildman–Crippen LogP) is 4.32. The van der Waals surface area contributed by atoms with Gasteiger partial charge in [-0.2, -0.15) is 0 Å². The molecule has 0 unspecified atom stereocenters. The minimum Gasteiger partial charge on any atom is -0.485 e. The van der Waals surface area contributed by atoms with E-state index in [0.717, 1.165) is 11.1 Å². The van der Waals surface area contributed by atoms with E-state index >= 15 is 0 Å². The van der Waals surface area contributed by atoms with Gasteiger partial charge in [0.15, 0.2) is 11.5 Å². The number of benzene rings is 3. The summed E-state index contributed by atoms with van der Waals surface area (Å²) in [7, 11) is 0. The highest BCUT2D eigenvalue weighted by Gasteiger charge is 2.20. The molecule has 0 saturated carbocycles. The second kappa shape index (κ2) is 9.94. The molecule has 5 heteroatoms. The SMILES string of the molecule is O=C(c1ccc(OCc2ccccc2)c(OCc2ccccc2)c1)N1CCOCC1. The smallest absolute Gasteiger partial charge is 0.254 e. The summed E-state index contributed by atoms with van der Waals surface area (Å²) in [4.78, 5) is 14.7. The summed E-state index contributed by atoms with van der Waals surface area (Å²) in [5.74, 6) is 1.17. The van der Waals surface area contributed by atoms with Crippen LogP contribution in [-0.2, 0) is 18.0 Å². The number of carbonyl (C=O) groups excluding carboxylic acids is 1. The van der Waals surface area contributed by atoms with Gasteiger partial charge in [-0.25, -0.2) is 0 Å². The van der Waals surface area contributed by atoms with Crippen molar-refractivity contribution in [1.29, 1.82) is 0 Å². The molecule has 0 spiro atoms. The van der Waals surface area contributed by atoms with E-state index in [0.29, 0.717) is 56.6 Å². The van der Waals surface area contributed by atoms with Crippen LogP contribution >= 0.6 is 0 Å². The first kappa shape index (κ1) is 20.0. The van der Waals surface area contributed by atoms with E-state index in [1.54, 1.807) is 12.1 Å². The van der Waals surface area contributed by atoms with Crippen molar-refractivity contribution in [3.63, 3.8) is 0 Å². The molecule has 0 atom stereocenters. The molecule has 4 rings (SSSR count). The van der Waals surface area contributed by atoms with Crippen molar-refractivity contribution >= 4 is 5.91 Å². The number of hydrogen-bond donors (Lipinski definition) is 0. The van der Waals surface area contributed by atoms with Gasteiger partial charge in [-0.15, -0.1) is 0 Å². The average Bonchev–Trinajstić information content (AvgIpc) is 2.83. The second-order valence-electron chi connectivity index (χ2n) is 7.11. The van der Waals surface area contributed by atoms with Crippen molar-refractivity contribution in [3.8, 4) is 11.5 Å². The van der Waals surface area contributed by atoms with Crippen molar-refractivity contribution in [2.75, 3.05) is 26.3 Å². The Morgan fingerprint density at radius 2 is 1.33 bits per heavy atom. The van der Waals surface area contributed by atoms with Crippen LogP contribution in [-0.4, -0.2) is 37.1 Å². The minimum absolute atomic E-state index is 0.0162. The fourth-order valence-electron chi connectivity index (χ4n) is 3.29. The molecule has 0 aromatic heterocycles. The normalized spacial score (nSPS) is 13.7. The lowest BCUT2D eigenvalue weighted by atomic mass is 10.1. The van der Waals surface area contributed by atoms with Crippen molar-refractivity contribution in [2.45, 2.75) is 13.2 Å². The predicted molar refractivity (Wildman–Crippen MR) is 115 cm³/mol. The molecule has 0 aliphatic carbocycles. The molecule has 0 radical (unpaired) electrons. The van der Waals surface area contributed by atoms with Gasteiger partial charge in [0.1, 0.15) is 13.2 Å². The van der Waals surface area contributed by atoms with E-state index < -0.39 is 0 Å². The van der Waals surface area contributed by atoms with Gasteiger partial charge in [0.2, 0.25) is 0 Å². The van der Waals surface area contributed by atoms with Crippen LogP contribution in [0.5, 0.6) is 11.5 Å². The highest BCUT2D eigenvalue weighted by atomic mass is 16.5. The molecule has 3 aromatic rings. The number of rotatable bonds is 7. The third-order valence-electron chi connectivity index (χ3n) is 4.96. The first-order valence-electron chi connectivity index (χ1n) is 10.1. The van der Waals surface area contributed by atoms with Crippen LogP contribution in [0.1, 0.15) is 21.5 Å². The highest BCUT2D eigenvalue weighted by Crippen LogP contribution is 2.30. The summed E-state index contributed by atoms with van der Waals surface area (Å²) in [5, 5.41) is 0. The zero-order valence-electron chi connectivity index (χ0n) is 16.8. The third-order valence-corrected chi connectivity index (χ3v) is 4.96. The first-order valence-corrected chi connectivity index (χ1v) is 10.1. The maximum absolute atomic E-state index is 12.9. The Morgan fingerprint density at radius 1 is 0.767 bits per heavy atom. The zero-order chi connectivity index (χ0) is 20.6. The van der Waals surface area contributed by atoms with E-state index in [1.807, 2.05) is 71.6 Å². The average molecular weight is 403 g/mol. The van der Waals surface area contributed by atoms with Crippen LogP contribution in [0.4, 0.5) is 0 Å². The number of amides is 1. The summed E-state index contributed by atoms with van der Waals surface area (Å²) in [6.07, 6.45) is 0. The Bertz CT molecular complexity index is 953. The van der Waals surface area contributed by atoms with Gasteiger partial charge in [0, 0.05) is 18.7 Å². The second-order valence-corrected chi connectivity index (χ2v) is 7.11. The van der Waals surface area contributed by atoms with Crippen LogP contribution in [0.2, 0.25) is 0 Å². The van der Waals surface area contributed by atoms with E-state index in [4.69, 9.17) is 14.2 Å². The third kappa shape index (κ3) is 5.19. The van der Waals surface area contributed by atoms with Crippen molar-refractivity contribution in [1.82, 2.24) is 4.90 Å². The van der Waals surface area contributed by atoms with Gasteiger partial charge in [-0.1, -0.05) is 60.7 Å². The van der Waals surface area contributed by atoms with Gasteiger partial charge >= 0.3 is 0 Å². The van der Waals surface area contributed by atoms with Gasteiger partial charge in [-0.3, -0.25) is 4.79 Å². The molecule has 1 fully saturated rings. The summed E-state index contributed by atoms with van der Waals surface area (Å²) < 4.78 is 17.4. The number of ether oxygens (including phenoxy) is 3. The first-order chi connectivity index (χ1) is 14.8. The van der Waals surface area contributed by atoms with Crippen LogP contribution in [0.25, 0.3) is 0 Å². The molecular weight excluding hydrogens is 378 g/mol. The molecule has 5 nitrogen and oxygen atoms in total. The molecule has 1 heterocycles. The molecule has 1 aliphatic heterocycles.